The molecule has 1 atom stereocenters. The van der Waals surface area contributed by atoms with E-state index >= 15 is 0 Å². The van der Waals surface area contributed by atoms with Crippen LogP contribution in [0.25, 0.3) is 0 Å². The summed E-state index contributed by atoms with van der Waals surface area (Å²) in [5.74, 6) is -0.908. The molecule has 0 aromatic carbocycles. The van der Waals surface area contributed by atoms with Crippen LogP contribution < -0.4 is 0 Å². The Morgan fingerprint density at radius 3 is 1.45 bits per heavy atom. The van der Waals surface area contributed by atoms with Gasteiger partial charge >= 0.3 is 19.8 Å². The Kier molecular flexibility index (Phi) is 28.6. The van der Waals surface area contributed by atoms with Gasteiger partial charge < -0.3 is 19.3 Å². The molecule has 0 aliphatic heterocycles. The smallest absolute Gasteiger partial charge is 0.462 e. The fraction of sp³-hybridized carbons (Fsp3) is 0.818. The van der Waals surface area contributed by atoms with Crippen molar-refractivity contribution in [3.8, 4) is 0 Å². The average Bonchev–Trinajstić information content (AvgIpc) is 2.95. The van der Waals surface area contributed by atoms with Gasteiger partial charge in [0.2, 0.25) is 0 Å². The zero-order valence-corrected chi connectivity index (χ0v) is 27.5. The summed E-state index contributed by atoms with van der Waals surface area (Å²) in [7, 11) is -4.74. The summed E-state index contributed by atoms with van der Waals surface area (Å²) in [5.41, 5.74) is 0. The second kappa shape index (κ2) is 29.6. The lowest BCUT2D eigenvalue weighted by molar-refractivity contribution is -0.161. The number of hydrogen-bond donors (Lipinski definition) is 2. The molecular formula is C33H61O8P. The standard InChI is InChI=1S/C33H61O8P/c1-3-5-7-9-11-13-15-17-19-21-23-25-27-32(34)39-29-31(30-40-42(36,37)38)41-33(35)28-26-24-22-20-18-16-14-12-10-8-6-4-2/h11-14,31H,3-10,15-30H2,1-2H3,(H2,36,37,38)/b13-11-,14-12-/t31-/m1/s1. The van der Waals surface area contributed by atoms with Crippen LogP contribution in [-0.4, -0.2) is 41.0 Å². The second-order valence-corrected chi connectivity index (χ2v) is 12.4. The van der Waals surface area contributed by atoms with Crippen molar-refractivity contribution in [1.29, 1.82) is 0 Å². The van der Waals surface area contributed by atoms with Crippen LogP contribution in [0.5, 0.6) is 0 Å². The molecule has 2 N–H and O–H groups in total. The van der Waals surface area contributed by atoms with Crippen LogP contribution in [0.15, 0.2) is 24.3 Å². The molecule has 9 heteroatoms. The van der Waals surface area contributed by atoms with E-state index in [2.05, 4.69) is 42.7 Å². The monoisotopic (exact) mass is 616 g/mol. The highest BCUT2D eigenvalue weighted by atomic mass is 31.2. The third-order valence-corrected chi connectivity index (χ3v) is 7.43. The molecular weight excluding hydrogens is 555 g/mol. The van der Waals surface area contributed by atoms with Crippen molar-refractivity contribution in [1.82, 2.24) is 0 Å². The molecule has 42 heavy (non-hydrogen) atoms. The molecule has 8 nitrogen and oxygen atoms in total. The molecule has 0 saturated heterocycles. The SMILES string of the molecule is CCCCC/C=C\CCCCCCCC(=O)OC[C@H](COP(=O)(O)O)OC(=O)CCCCCCC/C=C\CCCCC. The molecule has 0 saturated carbocycles. The Bertz CT molecular complexity index is 746. The number of phosphoric acid groups is 1. The zero-order chi connectivity index (χ0) is 31.2. The maximum atomic E-state index is 12.3. The maximum Gasteiger partial charge on any atom is 0.469 e. The van der Waals surface area contributed by atoms with Crippen LogP contribution >= 0.6 is 7.82 Å². The normalized spacial score (nSPS) is 12.8. The van der Waals surface area contributed by atoms with Gasteiger partial charge in [0, 0.05) is 12.8 Å². The second-order valence-electron chi connectivity index (χ2n) is 11.1. The van der Waals surface area contributed by atoms with Gasteiger partial charge in [-0.1, -0.05) is 102 Å². The zero-order valence-electron chi connectivity index (χ0n) is 26.6. The number of unbranched alkanes of at least 4 members (excludes halogenated alkanes) is 16. The highest BCUT2D eigenvalue weighted by Crippen LogP contribution is 2.35. The van der Waals surface area contributed by atoms with E-state index in [1.807, 2.05) is 0 Å². The summed E-state index contributed by atoms with van der Waals surface area (Å²) in [4.78, 5) is 42.5. The quantitative estimate of drug-likeness (QED) is 0.0355. The van der Waals surface area contributed by atoms with Crippen LogP contribution in [-0.2, 0) is 28.2 Å². The van der Waals surface area contributed by atoms with Crippen LogP contribution in [0, 0.1) is 0 Å². The molecule has 246 valence electrons. The predicted molar refractivity (Wildman–Crippen MR) is 170 cm³/mol. The largest absolute Gasteiger partial charge is 0.469 e. The third-order valence-electron chi connectivity index (χ3n) is 6.94. The molecule has 0 aliphatic carbocycles. The van der Waals surface area contributed by atoms with Gasteiger partial charge in [0.25, 0.3) is 0 Å². The summed E-state index contributed by atoms with van der Waals surface area (Å²) in [6.45, 7) is 3.59. The van der Waals surface area contributed by atoms with Gasteiger partial charge in [0.05, 0.1) is 6.61 Å². The summed E-state index contributed by atoms with van der Waals surface area (Å²) >= 11 is 0. The minimum Gasteiger partial charge on any atom is -0.462 e. The molecule has 0 unspecified atom stereocenters. The third kappa shape index (κ3) is 31.5. The first-order chi connectivity index (χ1) is 20.3. The van der Waals surface area contributed by atoms with Crippen molar-refractivity contribution in [3.63, 3.8) is 0 Å². The summed E-state index contributed by atoms with van der Waals surface area (Å²) in [6, 6.07) is 0. The van der Waals surface area contributed by atoms with Crippen molar-refractivity contribution in [2.24, 2.45) is 0 Å². The number of ether oxygens (including phenoxy) is 2. The van der Waals surface area contributed by atoms with E-state index in [9.17, 15) is 14.2 Å². The Labute approximate surface area is 256 Å². The van der Waals surface area contributed by atoms with Crippen molar-refractivity contribution in [2.45, 2.75) is 161 Å². The molecule has 0 aromatic heterocycles. The molecule has 0 heterocycles. The predicted octanol–water partition coefficient (Wildman–Crippen LogP) is 9.29. The van der Waals surface area contributed by atoms with Crippen molar-refractivity contribution in [3.05, 3.63) is 24.3 Å². The Balaban J connectivity index is 4.05. The molecule has 0 bridgehead atoms. The van der Waals surface area contributed by atoms with E-state index in [-0.39, 0.29) is 19.4 Å². The van der Waals surface area contributed by atoms with Gasteiger partial charge in [-0.05, 0) is 64.2 Å². The van der Waals surface area contributed by atoms with Gasteiger partial charge in [0.15, 0.2) is 6.10 Å². The summed E-state index contributed by atoms with van der Waals surface area (Å²) in [5, 5.41) is 0. The minimum absolute atomic E-state index is 0.201. The van der Waals surface area contributed by atoms with E-state index in [0.717, 1.165) is 70.6 Å². The van der Waals surface area contributed by atoms with E-state index in [1.165, 1.54) is 44.9 Å². The fourth-order valence-electron chi connectivity index (χ4n) is 4.42. The Hall–Kier alpha value is -1.47. The molecule has 0 rings (SSSR count). The Morgan fingerprint density at radius 2 is 1.00 bits per heavy atom. The lowest BCUT2D eigenvalue weighted by atomic mass is 10.1. The first kappa shape index (κ1) is 40.5. The number of carbonyl (C=O) groups excluding carboxylic acids is 2. The van der Waals surface area contributed by atoms with E-state index in [0.29, 0.717) is 12.8 Å². The average molecular weight is 617 g/mol. The fourth-order valence-corrected chi connectivity index (χ4v) is 4.78. The molecule has 0 aliphatic rings. The topological polar surface area (TPSA) is 119 Å². The van der Waals surface area contributed by atoms with Crippen LogP contribution in [0.1, 0.15) is 155 Å². The van der Waals surface area contributed by atoms with Gasteiger partial charge in [-0.2, -0.15) is 0 Å². The van der Waals surface area contributed by atoms with Crippen LogP contribution in [0.3, 0.4) is 0 Å². The summed E-state index contributed by atoms with van der Waals surface area (Å²) in [6.07, 6.45) is 30.4. The lowest BCUT2D eigenvalue weighted by Gasteiger charge is -2.18. The molecule has 0 spiro atoms. The number of hydrogen-bond acceptors (Lipinski definition) is 6. The maximum absolute atomic E-state index is 12.3. The highest BCUT2D eigenvalue weighted by Gasteiger charge is 2.22. The first-order valence-corrected chi connectivity index (χ1v) is 18.2. The first-order valence-electron chi connectivity index (χ1n) is 16.6. The van der Waals surface area contributed by atoms with E-state index in [4.69, 9.17) is 19.3 Å². The van der Waals surface area contributed by atoms with Gasteiger partial charge in [-0.25, -0.2) is 4.57 Å². The number of allylic oxidation sites excluding steroid dienone is 4. The molecule has 0 fully saturated rings. The summed E-state index contributed by atoms with van der Waals surface area (Å²) < 4.78 is 26.2. The minimum atomic E-state index is -4.74. The molecule has 0 radical (unpaired) electrons. The molecule has 0 aromatic rings. The Morgan fingerprint density at radius 1 is 0.595 bits per heavy atom. The number of phosphoric ester groups is 1. The number of esters is 2. The van der Waals surface area contributed by atoms with Crippen molar-refractivity contribution >= 4 is 19.8 Å². The van der Waals surface area contributed by atoms with Gasteiger partial charge in [-0.15, -0.1) is 0 Å². The lowest BCUT2D eigenvalue weighted by Crippen LogP contribution is -2.29. The highest BCUT2D eigenvalue weighted by molar-refractivity contribution is 7.46. The van der Waals surface area contributed by atoms with Gasteiger partial charge in [0.1, 0.15) is 6.61 Å². The van der Waals surface area contributed by atoms with Crippen molar-refractivity contribution < 1.29 is 37.9 Å². The van der Waals surface area contributed by atoms with E-state index in [1.54, 1.807) is 0 Å². The number of rotatable bonds is 30. The van der Waals surface area contributed by atoms with Crippen LogP contribution in [0.2, 0.25) is 0 Å². The van der Waals surface area contributed by atoms with Crippen molar-refractivity contribution in [2.75, 3.05) is 13.2 Å². The number of carbonyl (C=O) groups is 2. The van der Waals surface area contributed by atoms with E-state index < -0.39 is 32.5 Å². The van der Waals surface area contributed by atoms with Crippen LogP contribution in [0.4, 0.5) is 0 Å². The van der Waals surface area contributed by atoms with Gasteiger partial charge in [-0.3, -0.25) is 14.1 Å². The molecule has 0 amide bonds.